The number of para-hydroxylation sites is 1. The van der Waals surface area contributed by atoms with Crippen molar-refractivity contribution < 1.29 is 9.59 Å². The second-order valence-corrected chi connectivity index (χ2v) is 7.71. The Bertz CT molecular complexity index is 1020. The van der Waals surface area contributed by atoms with Crippen molar-refractivity contribution in [1.29, 1.82) is 0 Å². The van der Waals surface area contributed by atoms with Gasteiger partial charge in [-0.25, -0.2) is 0 Å². The molecule has 7 nitrogen and oxygen atoms in total. The van der Waals surface area contributed by atoms with Crippen LogP contribution in [-0.2, 0) is 9.59 Å². The van der Waals surface area contributed by atoms with E-state index >= 15 is 0 Å². The van der Waals surface area contributed by atoms with Crippen molar-refractivity contribution in [3.8, 4) is 0 Å². The van der Waals surface area contributed by atoms with E-state index in [4.69, 9.17) is 0 Å². The lowest BCUT2D eigenvalue weighted by Crippen LogP contribution is -2.37. The molecule has 28 heavy (non-hydrogen) atoms. The molecule has 1 aliphatic heterocycles. The Morgan fingerprint density at radius 3 is 2.96 bits per heavy atom. The summed E-state index contributed by atoms with van der Waals surface area (Å²) in [5, 5.41) is 14.5. The Morgan fingerprint density at radius 1 is 1.29 bits per heavy atom. The molecule has 2 amide bonds. The van der Waals surface area contributed by atoms with E-state index in [1.165, 1.54) is 0 Å². The van der Waals surface area contributed by atoms with Crippen LogP contribution in [0.1, 0.15) is 36.2 Å². The Kier molecular flexibility index (Phi) is 5.29. The number of thioether (sulfide) groups is 1. The molecule has 0 bridgehead atoms. The minimum absolute atomic E-state index is 0.138. The maximum atomic E-state index is 13.2. The van der Waals surface area contributed by atoms with E-state index < -0.39 is 5.92 Å². The molecule has 2 N–H and O–H groups in total. The number of rotatable bonds is 6. The molecule has 0 saturated heterocycles. The number of fused-ring (bicyclic) bond motifs is 2. The number of hydrogen-bond donors (Lipinski definition) is 2. The van der Waals surface area contributed by atoms with Crippen molar-refractivity contribution in [2.45, 2.75) is 24.8 Å². The van der Waals surface area contributed by atoms with Gasteiger partial charge in [-0.3, -0.25) is 14.0 Å². The summed E-state index contributed by atoms with van der Waals surface area (Å²) < 4.78 is 1.90. The lowest BCUT2D eigenvalue weighted by Gasteiger charge is -2.26. The third-order valence-corrected chi connectivity index (χ3v) is 5.54. The maximum absolute atomic E-state index is 13.2. The van der Waals surface area contributed by atoms with Gasteiger partial charge in [0, 0.05) is 18.3 Å². The number of pyridine rings is 1. The largest absolute Gasteiger partial charge is 0.345 e. The molecule has 3 aromatic rings. The highest BCUT2D eigenvalue weighted by Gasteiger charge is 2.32. The van der Waals surface area contributed by atoms with E-state index in [0.717, 1.165) is 23.4 Å². The van der Waals surface area contributed by atoms with Crippen molar-refractivity contribution in [2.24, 2.45) is 0 Å². The van der Waals surface area contributed by atoms with Gasteiger partial charge in [-0.1, -0.05) is 24.3 Å². The van der Waals surface area contributed by atoms with Gasteiger partial charge in [-0.05, 0) is 42.2 Å². The van der Waals surface area contributed by atoms with Gasteiger partial charge >= 0.3 is 0 Å². The molecule has 4 rings (SSSR count). The number of carbonyl (C=O) groups is 2. The molecule has 3 heterocycles. The highest BCUT2D eigenvalue weighted by Crippen LogP contribution is 2.33. The second-order valence-electron chi connectivity index (χ2n) is 6.72. The van der Waals surface area contributed by atoms with Gasteiger partial charge in [-0.2, -0.15) is 11.8 Å². The minimum atomic E-state index is -0.513. The Balaban J connectivity index is 1.62. The van der Waals surface area contributed by atoms with Crippen molar-refractivity contribution in [3.05, 3.63) is 60.0 Å². The van der Waals surface area contributed by atoms with Crippen molar-refractivity contribution in [2.75, 3.05) is 17.3 Å². The fourth-order valence-electron chi connectivity index (χ4n) is 3.52. The SMILES string of the molecule is CSCCC(NC(=O)C1CC(=O)Nc2ccccc21)c1nnc2ccccn12. The lowest BCUT2D eigenvalue weighted by molar-refractivity contribution is -0.127. The first kappa shape index (κ1) is 18.5. The van der Waals surface area contributed by atoms with E-state index in [1.54, 1.807) is 11.8 Å². The van der Waals surface area contributed by atoms with E-state index in [2.05, 4.69) is 20.8 Å². The van der Waals surface area contributed by atoms with Crippen LogP contribution in [0.4, 0.5) is 5.69 Å². The number of anilines is 1. The molecule has 0 aliphatic carbocycles. The Hall–Kier alpha value is -2.87. The smallest absolute Gasteiger partial charge is 0.228 e. The van der Waals surface area contributed by atoms with Crippen molar-refractivity contribution >= 4 is 34.9 Å². The zero-order valence-corrected chi connectivity index (χ0v) is 16.3. The molecule has 0 spiro atoms. The predicted octanol–water partition coefficient (Wildman–Crippen LogP) is 2.77. The summed E-state index contributed by atoms with van der Waals surface area (Å²) in [6.07, 6.45) is 4.79. The third kappa shape index (κ3) is 3.60. The molecule has 2 atom stereocenters. The molecule has 2 aromatic heterocycles. The van der Waals surface area contributed by atoms with Crippen LogP contribution in [0.5, 0.6) is 0 Å². The van der Waals surface area contributed by atoms with Crippen LogP contribution < -0.4 is 10.6 Å². The highest BCUT2D eigenvalue weighted by molar-refractivity contribution is 7.98. The lowest BCUT2D eigenvalue weighted by atomic mass is 9.89. The van der Waals surface area contributed by atoms with Gasteiger partial charge in [-0.15, -0.1) is 10.2 Å². The van der Waals surface area contributed by atoms with E-state index in [0.29, 0.717) is 11.5 Å². The van der Waals surface area contributed by atoms with Crippen molar-refractivity contribution in [3.63, 3.8) is 0 Å². The number of amides is 2. The van der Waals surface area contributed by atoms with Crippen LogP contribution in [-0.4, -0.2) is 38.4 Å². The van der Waals surface area contributed by atoms with Gasteiger partial charge in [0.1, 0.15) is 0 Å². The number of hydrogen-bond acceptors (Lipinski definition) is 5. The summed E-state index contributed by atoms with van der Waals surface area (Å²) in [6.45, 7) is 0. The summed E-state index contributed by atoms with van der Waals surface area (Å²) in [5.41, 5.74) is 2.28. The fraction of sp³-hybridized carbons (Fsp3) is 0.300. The van der Waals surface area contributed by atoms with Gasteiger partial charge in [0.25, 0.3) is 0 Å². The zero-order chi connectivity index (χ0) is 19.5. The molecular formula is C20H21N5O2S. The average Bonchev–Trinajstić information content (AvgIpc) is 3.14. The first-order chi connectivity index (χ1) is 13.7. The molecular weight excluding hydrogens is 374 g/mol. The van der Waals surface area contributed by atoms with Crippen LogP contribution in [0.3, 0.4) is 0 Å². The van der Waals surface area contributed by atoms with Gasteiger partial charge in [0.15, 0.2) is 11.5 Å². The Morgan fingerprint density at radius 2 is 2.11 bits per heavy atom. The second kappa shape index (κ2) is 8.02. The standard InChI is InChI=1S/C20H21N5O2S/c1-28-11-9-16(19-24-23-17-8-4-5-10-25(17)19)22-20(27)14-12-18(26)21-15-7-3-2-6-13(14)15/h2-8,10,14,16H,9,11-12H2,1H3,(H,21,26)(H,22,27). The molecule has 0 fully saturated rings. The average molecular weight is 395 g/mol. The van der Waals surface area contributed by atoms with Gasteiger partial charge in [0.2, 0.25) is 11.8 Å². The van der Waals surface area contributed by atoms with E-state index in [-0.39, 0.29) is 24.3 Å². The van der Waals surface area contributed by atoms with Gasteiger partial charge < -0.3 is 10.6 Å². The third-order valence-electron chi connectivity index (χ3n) is 4.90. The number of nitrogens with zero attached hydrogens (tertiary/aromatic N) is 3. The zero-order valence-electron chi connectivity index (χ0n) is 15.5. The number of nitrogens with one attached hydrogen (secondary N) is 2. The molecule has 0 saturated carbocycles. The highest BCUT2D eigenvalue weighted by atomic mass is 32.2. The molecule has 144 valence electrons. The Labute approximate surface area is 166 Å². The fourth-order valence-corrected chi connectivity index (χ4v) is 3.99. The first-order valence-electron chi connectivity index (χ1n) is 9.15. The summed E-state index contributed by atoms with van der Waals surface area (Å²) in [7, 11) is 0. The monoisotopic (exact) mass is 395 g/mol. The predicted molar refractivity (Wildman–Crippen MR) is 109 cm³/mol. The normalized spacial score (nSPS) is 17.0. The van der Waals surface area contributed by atoms with E-state index in [9.17, 15) is 9.59 Å². The molecule has 8 heteroatoms. The number of aromatic nitrogens is 3. The number of benzene rings is 1. The van der Waals surface area contributed by atoms with Crippen LogP contribution in [0.2, 0.25) is 0 Å². The molecule has 0 radical (unpaired) electrons. The number of carbonyl (C=O) groups excluding carboxylic acids is 2. The summed E-state index contributed by atoms with van der Waals surface area (Å²) in [6, 6.07) is 12.9. The van der Waals surface area contributed by atoms with Crippen LogP contribution in [0, 0.1) is 0 Å². The topological polar surface area (TPSA) is 88.4 Å². The molecule has 1 aromatic carbocycles. The summed E-state index contributed by atoms with van der Waals surface area (Å²) in [5.74, 6) is 0.745. The maximum Gasteiger partial charge on any atom is 0.228 e. The minimum Gasteiger partial charge on any atom is -0.345 e. The van der Waals surface area contributed by atoms with Crippen LogP contribution >= 0.6 is 11.8 Å². The summed E-state index contributed by atoms with van der Waals surface area (Å²) in [4.78, 5) is 25.2. The van der Waals surface area contributed by atoms with Crippen LogP contribution in [0.15, 0.2) is 48.7 Å². The van der Waals surface area contributed by atoms with Crippen LogP contribution in [0.25, 0.3) is 5.65 Å². The molecule has 2 unspecified atom stereocenters. The molecule has 1 aliphatic rings. The quantitative estimate of drug-likeness (QED) is 0.670. The van der Waals surface area contributed by atoms with Gasteiger partial charge in [0.05, 0.1) is 12.0 Å². The van der Waals surface area contributed by atoms with Crippen molar-refractivity contribution in [1.82, 2.24) is 19.9 Å². The summed E-state index contributed by atoms with van der Waals surface area (Å²) >= 11 is 1.71. The first-order valence-corrected chi connectivity index (χ1v) is 10.5. The van der Waals surface area contributed by atoms with E-state index in [1.807, 2.05) is 59.3 Å².